The number of rotatable bonds is 7. The molecule has 0 bridgehead atoms. The Morgan fingerprint density at radius 3 is 2.50 bits per heavy atom. The van der Waals surface area contributed by atoms with Gasteiger partial charge in [0.05, 0.1) is 18.6 Å². The van der Waals surface area contributed by atoms with E-state index in [1.165, 1.54) is 7.11 Å². The first-order valence-electron chi connectivity index (χ1n) is 8.30. The molecule has 0 spiro atoms. The maximum Gasteiger partial charge on any atom is 0.337 e. The molecule has 0 aromatic heterocycles. The summed E-state index contributed by atoms with van der Waals surface area (Å²) in [7, 11) is 1.31. The van der Waals surface area contributed by atoms with Gasteiger partial charge in [-0.2, -0.15) is 0 Å². The smallest absolute Gasteiger partial charge is 0.337 e. The third-order valence-corrected chi connectivity index (χ3v) is 3.93. The second-order valence-electron chi connectivity index (χ2n) is 6.18. The number of carbonyl (C=O) groups is 2. The van der Waals surface area contributed by atoms with Crippen molar-refractivity contribution in [3.05, 3.63) is 47.0 Å². The number of hydrogen-bond donors (Lipinski definition) is 0. The zero-order valence-corrected chi connectivity index (χ0v) is 15.6. The normalized spacial score (nSPS) is 13.3. The molecule has 2 unspecified atom stereocenters. The lowest BCUT2D eigenvalue weighted by molar-refractivity contribution is -0.148. The molecular weight excluding hydrogens is 328 g/mol. The second kappa shape index (κ2) is 10.1. The molecule has 0 aliphatic heterocycles. The molecule has 0 saturated heterocycles. The molecule has 0 radical (unpaired) electrons. The highest BCUT2D eigenvalue weighted by atomic mass is 16.5. The van der Waals surface area contributed by atoms with Crippen LogP contribution < -0.4 is 0 Å². The number of carbonyl (C=O) groups excluding carboxylic acids is 2. The Balaban J connectivity index is 3.11. The maximum atomic E-state index is 12.8. The average Bonchev–Trinajstić information content (AvgIpc) is 2.63. The quantitative estimate of drug-likeness (QED) is 0.426. The minimum Gasteiger partial charge on any atom is -0.465 e. The van der Waals surface area contributed by atoms with E-state index in [9.17, 15) is 9.59 Å². The fourth-order valence-corrected chi connectivity index (χ4v) is 2.54. The van der Waals surface area contributed by atoms with Crippen molar-refractivity contribution in [3.63, 3.8) is 0 Å². The molecule has 4 nitrogen and oxygen atoms in total. The molecule has 1 aromatic rings. The van der Waals surface area contributed by atoms with E-state index in [0.29, 0.717) is 23.1 Å². The van der Waals surface area contributed by atoms with Crippen LogP contribution in [0.3, 0.4) is 0 Å². The van der Waals surface area contributed by atoms with E-state index < -0.39 is 24.0 Å². The monoisotopic (exact) mass is 352 g/mol. The molecule has 26 heavy (non-hydrogen) atoms. The molecule has 4 heteroatoms. The van der Waals surface area contributed by atoms with Crippen molar-refractivity contribution in [1.29, 1.82) is 0 Å². The number of esters is 2. The lowest BCUT2D eigenvalue weighted by Crippen LogP contribution is -2.26. The third-order valence-electron chi connectivity index (χ3n) is 3.93. The summed E-state index contributed by atoms with van der Waals surface area (Å²) in [6, 6.07) is 6.77. The Labute approximate surface area is 155 Å². The zero-order valence-electron chi connectivity index (χ0n) is 15.6. The van der Waals surface area contributed by atoms with Crippen LogP contribution in [0.1, 0.15) is 49.0 Å². The molecule has 0 aliphatic carbocycles. The van der Waals surface area contributed by atoms with Crippen LogP contribution in [-0.4, -0.2) is 25.2 Å². The summed E-state index contributed by atoms with van der Waals surface area (Å²) in [5, 5.41) is 0. The van der Waals surface area contributed by atoms with Crippen LogP contribution in [0.25, 0.3) is 0 Å². The number of allylic oxidation sites excluding steroid dienone is 1. The molecule has 1 rings (SSSR count). The topological polar surface area (TPSA) is 52.6 Å². The fourth-order valence-electron chi connectivity index (χ4n) is 2.54. The summed E-state index contributed by atoms with van der Waals surface area (Å²) in [5.74, 6) is 3.44. The minimum absolute atomic E-state index is 0.0520. The number of hydrogen-bond acceptors (Lipinski definition) is 4. The zero-order chi connectivity index (χ0) is 19.7. The number of benzene rings is 1. The van der Waals surface area contributed by atoms with Crippen molar-refractivity contribution in [2.45, 2.75) is 39.2 Å². The third kappa shape index (κ3) is 5.53. The molecular formula is C22H24O4. The van der Waals surface area contributed by atoms with Gasteiger partial charge in [0.15, 0.2) is 6.10 Å². The molecule has 136 valence electrons. The van der Waals surface area contributed by atoms with Gasteiger partial charge in [0.1, 0.15) is 0 Å². The van der Waals surface area contributed by atoms with E-state index in [1.807, 2.05) is 13.8 Å². The fraction of sp³-hybridized carbons (Fsp3) is 0.364. The lowest BCUT2D eigenvalue weighted by atomic mass is 9.87. The van der Waals surface area contributed by atoms with Crippen LogP contribution in [0.2, 0.25) is 0 Å². The summed E-state index contributed by atoms with van der Waals surface area (Å²) in [5.41, 5.74) is 1.76. The Morgan fingerprint density at radius 2 is 1.96 bits per heavy atom. The van der Waals surface area contributed by atoms with Crippen LogP contribution in [-0.2, 0) is 14.3 Å². The predicted molar refractivity (Wildman–Crippen MR) is 101 cm³/mol. The molecule has 0 amide bonds. The van der Waals surface area contributed by atoms with Gasteiger partial charge < -0.3 is 9.47 Å². The SMILES string of the molecule is C#CCC=C(C)C(C#C)OC(=O)C(c1cccc(C(=O)OC)c1)C(C)C. The van der Waals surface area contributed by atoms with Gasteiger partial charge in [0, 0.05) is 6.42 Å². The largest absolute Gasteiger partial charge is 0.465 e. The highest BCUT2D eigenvalue weighted by Crippen LogP contribution is 2.28. The Kier molecular flexibility index (Phi) is 8.19. The molecule has 0 N–H and O–H groups in total. The molecule has 0 saturated carbocycles. The van der Waals surface area contributed by atoms with Gasteiger partial charge in [-0.1, -0.05) is 38.0 Å². The van der Waals surface area contributed by atoms with E-state index in [1.54, 1.807) is 37.3 Å². The molecule has 2 atom stereocenters. The highest BCUT2D eigenvalue weighted by Gasteiger charge is 2.28. The van der Waals surface area contributed by atoms with Crippen LogP contribution in [0, 0.1) is 30.6 Å². The maximum absolute atomic E-state index is 12.8. The van der Waals surface area contributed by atoms with Gasteiger partial charge >= 0.3 is 11.9 Å². The predicted octanol–water partition coefficient (Wildman–Crippen LogP) is 3.73. The highest BCUT2D eigenvalue weighted by molar-refractivity contribution is 5.90. The first kappa shape index (κ1) is 21.1. The van der Waals surface area contributed by atoms with Gasteiger partial charge in [-0.25, -0.2) is 4.79 Å². The number of methoxy groups -OCH3 is 1. The van der Waals surface area contributed by atoms with Crippen molar-refractivity contribution >= 4 is 11.9 Å². The molecule has 0 heterocycles. The van der Waals surface area contributed by atoms with E-state index >= 15 is 0 Å². The van der Waals surface area contributed by atoms with Crippen LogP contribution >= 0.6 is 0 Å². The van der Waals surface area contributed by atoms with Crippen molar-refractivity contribution < 1.29 is 19.1 Å². The summed E-state index contributed by atoms with van der Waals surface area (Å²) >= 11 is 0. The van der Waals surface area contributed by atoms with E-state index in [4.69, 9.17) is 22.3 Å². The lowest BCUT2D eigenvalue weighted by Gasteiger charge is -2.23. The Morgan fingerprint density at radius 1 is 1.27 bits per heavy atom. The first-order valence-corrected chi connectivity index (χ1v) is 8.30. The number of terminal acetylenes is 2. The second-order valence-corrected chi connectivity index (χ2v) is 6.18. The van der Waals surface area contributed by atoms with Crippen LogP contribution in [0.4, 0.5) is 0 Å². The summed E-state index contributed by atoms with van der Waals surface area (Å²) < 4.78 is 10.3. The van der Waals surface area contributed by atoms with Crippen LogP contribution in [0.5, 0.6) is 0 Å². The minimum atomic E-state index is -0.777. The summed E-state index contributed by atoms with van der Waals surface area (Å²) in [6.45, 7) is 5.59. The Bertz CT molecular complexity index is 759. The van der Waals surface area contributed by atoms with Crippen molar-refractivity contribution in [3.8, 4) is 24.7 Å². The van der Waals surface area contributed by atoms with Crippen LogP contribution in [0.15, 0.2) is 35.9 Å². The molecule has 0 fully saturated rings. The summed E-state index contributed by atoms with van der Waals surface area (Å²) in [4.78, 5) is 24.5. The van der Waals surface area contributed by atoms with E-state index in [2.05, 4.69) is 11.8 Å². The molecule has 1 aromatic carbocycles. The Hall–Kier alpha value is -2.98. The first-order chi connectivity index (χ1) is 12.3. The van der Waals surface area contributed by atoms with E-state index in [-0.39, 0.29) is 5.92 Å². The van der Waals surface area contributed by atoms with Crippen molar-refractivity contribution in [1.82, 2.24) is 0 Å². The van der Waals surface area contributed by atoms with E-state index in [0.717, 1.165) is 0 Å². The van der Waals surface area contributed by atoms with Gasteiger partial charge in [-0.3, -0.25) is 4.79 Å². The standard InChI is InChI=1S/C22H24O4/c1-7-9-11-16(5)19(8-2)26-22(24)20(15(3)4)17-12-10-13-18(14-17)21(23)25-6/h1-2,10-15,19-20H,9H2,3-6H3. The molecule has 0 aliphatic rings. The van der Waals surface area contributed by atoms with Gasteiger partial charge in [0.25, 0.3) is 0 Å². The van der Waals surface area contributed by atoms with Gasteiger partial charge in [-0.05, 0) is 36.1 Å². The van der Waals surface area contributed by atoms with Crippen molar-refractivity contribution in [2.24, 2.45) is 5.92 Å². The summed E-state index contributed by atoms with van der Waals surface area (Å²) in [6.07, 6.45) is 12.2. The van der Waals surface area contributed by atoms with Crippen molar-refractivity contribution in [2.75, 3.05) is 7.11 Å². The number of ether oxygens (including phenoxy) is 2. The van der Waals surface area contributed by atoms with Gasteiger partial charge in [-0.15, -0.1) is 18.8 Å². The van der Waals surface area contributed by atoms with Gasteiger partial charge in [0.2, 0.25) is 0 Å². The average molecular weight is 352 g/mol.